The summed E-state index contributed by atoms with van der Waals surface area (Å²) in [5.41, 5.74) is -2.41. The normalized spacial score (nSPS) is 43.9. The van der Waals surface area contributed by atoms with Crippen molar-refractivity contribution in [3.63, 3.8) is 0 Å². The number of aliphatic hydroxyl groups is 1. The lowest BCUT2D eigenvalue weighted by molar-refractivity contribution is -0.304. The number of hydrogen-bond donors (Lipinski definition) is 1. The van der Waals surface area contributed by atoms with E-state index >= 15 is 0 Å². The van der Waals surface area contributed by atoms with Crippen LogP contribution in [0.3, 0.4) is 0 Å². The molecule has 0 aromatic heterocycles. The van der Waals surface area contributed by atoms with E-state index in [1.165, 1.54) is 0 Å². The summed E-state index contributed by atoms with van der Waals surface area (Å²) in [7, 11) is 0. The van der Waals surface area contributed by atoms with Gasteiger partial charge < -0.3 is 19.3 Å². The molecule has 7 atom stereocenters. The smallest absolute Gasteiger partial charge is 0.312 e. The van der Waals surface area contributed by atoms with E-state index in [1.54, 1.807) is 0 Å². The number of rotatable bonds is 2. The van der Waals surface area contributed by atoms with E-state index < -0.39 is 40.3 Å². The molecule has 3 fully saturated rings. The molecule has 206 valence electrons. The number of Topliss-reactive ketones (excluding diaryl/α,β-unsaturated/α-hetero) is 1. The molecule has 6 nitrogen and oxygen atoms in total. The Kier molecular flexibility index (Phi) is 6.22. The van der Waals surface area contributed by atoms with Crippen LogP contribution in [0.25, 0.3) is 0 Å². The third-order valence-corrected chi connectivity index (χ3v) is 11.0. The van der Waals surface area contributed by atoms with E-state index in [-0.39, 0.29) is 35.6 Å². The Bertz CT molecular complexity index is 1050. The van der Waals surface area contributed by atoms with Crippen LogP contribution in [-0.4, -0.2) is 47.1 Å². The van der Waals surface area contributed by atoms with Gasteiger partial charge in [0.1, 0.15) is 6.10 Å². The van der Waals surface area contributed by atoms with Crippen molar-refractivity contribution < 1.29 is 28.9 Å². The molecule has 0 aromatic rings. The summed E-state index contributed by atoms with van der Waals surface area (Å²) in [6.07, 6.45) is 7.60. The molecule has 37 heavy (non-hydrogen) atoms. The molecule has 2 unspecified atom stereocenters. The van der Waals surface area contributed by atoms with Crippen molar-refractivity contribution in [3.8, 4) is 0 Å². The summed E-state index contributed by atoms with van der Waals surface area (Å²) < 4.78 is 18.9. The minimum Gasteiger partial charge on any atom is -0.454 e. The SMILES string of the molecule is CC1=CC23C(=O)[C@@H](C=C4COC(C)(C)O[C@H]4[C@]2(O)[C@H]1OC(=O)C1(C)CCCCC1)C(C)(C)[C@@H](C)CC3C. The van der Waals surface area contributed by atoms with Crippen LogP contribution in [0, 0.1) is 34.0 Å². The van der Waals surface area contributed by atoms with Gasteiger partial charge in [-0.15, -0.1) is 0 Å². The maximum absolute atomic E-state index is 14.8. The fourth-order valence-electron chi connectivity index (χ4n) is 8.15. The van der Waals surface area contributed by atoms with Gasteiger partial charge in [-0.1, -0.05) is 59.1 Å². The molecule has 0 aromatic carbocycles. The molecule has 1 heterocycles. The maximum Gasteiger partial charge on any atom is 0.312 e. The Hall–Kier alpha value is -1.50. The second-order valence-corrected chi connectivity index (χ2v) is 14.1. The van der Waals surface area contributed by atoms with E-state index in [1.807, 2.05) is 39.8 Å². The number of ether oxygens (including phenoxy) is 3. The van der Waals surface area contributed by atoms with Crippen molar-refractivity contribution in [2.45, 2.75) is 118 Å². The van der Waals surface area contributed by atoms with E-state index in [2.05, 4.69) is 27.7 Å². The van der Waals surface area contributed by atoms with Crippen molar-refractivity contribution in [2.24, 2.45) is 34.0 Å². The van der Waals surface area contributed by atoms with E-state index in [4.69, 9.17) is 14.2 Å². The maximum atomic E-state index is 14.8. The molecule has 2 bridgehead atoms. The molecule has 1 saturated heterocycles. The lowest BCUT2D eigenvalue weighted by Crippen LogP contribution is -2.68. The fraction of sp³-hybridized carbons (Fsp3) is 0.806. The van der Waals surface area contributed by atoms with Gasteiger partial charge in [0, 0.05) is 5.92 Å². The Labute approximate surface area is 222 Å². The number of carbonyl (C=O) groups excluding carboxylic acids is 2. The van der Waals surface area contributed by atoms with Gasteiger partial charge >= 0.3 is 5.97 Å². The average Bonchev–Trinajstić information content (AvgIpc) is 2.98. The third-order valence-electron chi connectivity index (χ3n) is 11.0. The number of fused-ring (bicyclic) bond motifs is 3. The van der Waals surface area contributed by atoms with Crippen LogP contribution in [0.2, 0.25) is 0 Å². The first-order valence-electron chi connectivity index (χ1n) is 14.3. The van der Waals surface area contributed by atoms with Crippen LogP contribution in [-0.2, 0) is 23.8 Å². The predicted molar refractivity (Wildman–Crippen MR) is 140 cm³/mol. The highest BCUT2D eigenvalue weighted by Gasteiger charge is 2.74. The first-order valence-corrected chi connectivity index (χ1v) is 14.3. The number of hydrogen-bond acceptors (Lipinski definition) is 6. The highest BCUT2D eigenvalue weighted by molar-refractivity contribution is 5.95. The molecule has 6 heteroatoms. The predicted octanol–water partition coefficient (Wildman–Crippen LogP) is 5.52. The second kappa shape index (κ2) is 8.50. The topological polar surface area (TPSA) is 82.1 Å². The molecular formula is C31H46O6. The van der Waals surface area contributed by atoms with Gasteiger partial charge in [0.25, 0.3) is 0 Å². The number of allylic oxidation sites excluding steroid dienone is 1. The Morgan fingerprint density at radius 1 is 1.05 bits per heavy atom. The molecule has 5 rings (SSSR count). The minimum absolute atomic E-state index is 0.00179. The molecular weight excluding hydrogens is 468 g/mol. The fourth-order valence-corrected chi connectivity index (χ4v) is 8.15. The summed E-state index contributed by atoms with van der Waals surface area (Å²) in [4.78, 5) is 28.5. The van der Waals surface area contributed by atoms with E-state index in [0.717, 1.165) is 49.7 Å². The van der Waals surface area contributed by atoms with Gasteiger partial charge in [0.15, 0.2) is 23.3 Å². The molecule has 1 N–H and O–H groups in total. The van der Waals surface area contributed by atoms with Crippen LogP contribution in [0.1, 0.15) is 93.9 Å². The molecule has 0 radical (unpaired) electrons. The lowest BCUT2D eigenvalue weighted by Gasteiger charge is -2.53. The second-order valence-electron chi connectivity index (χ2n) is 14.1. The van der Waals surface area contributed by atoms with Crippen molar-refractivity contribution in [3.05, 3.63) is 23.3 Å². The highest BCUT2D eigenvalue weighted by atomic mass is 16.7. The van der Waals surface area contributed by atoms with Crippen molar-refractivity contribution in [1.29, 1.82) is 0 Å². The van der Waals surface area contributed by atoms with Gasteiger partial charge in [-0.25, -0.2) is 0 Å². The highest BCUT2D eigenvalue weighted by Crippen LogP contribution is 2.64. The molecule has 0 amide bonds. The molecule has 1 spiro atoms. The van der Waals surface area contributed by atoms with Gasteiger partial charge in [-0.3, -0.25) is 9.59 Å². The van der Waals surface area contributed by atoms with E-state index in [9.17, 15) is 14.7 Å². The summed E-state index contributed by atoms with van der Waals surface area (Å²) in [6.45, 7) is 16.4. The van der Waals surface area contributed by atoms with Crippen molar-refractivity contribution in [2.75, 3.05) is 6.61 Å². The standard InChI is InChI=1S/C31H46O6/c1-18-16-30-20(3)14-19(2)27(4,5)22(23(30)32)15-21-17-35-28(6,7)37-25(21)31(30,34)24(18)36-26(33)29(8)12-10-9-11-13-29/h15-16,19-20,22,24-25,34H,9-14,17H2,1-8H3/t19-,20?,22+,24-,25+,30?,31+/m0/s1. The zero-order valence-electron chi connectivity index (χ0n) is 24.0. The quantitative estimate of drug-likeness (QED) is 0.386. The summed E-state index contributed by atoms with van der Waals surface area (Å²) in [5.74, 6) is -1.58. The molecule has 1 aliphatic heterocycles. The zero-order chi connectivity index (χ0) is 27.2. The Morgan fingerprint density at radius 2 is 1.70 bits per heavy atom. The van der Waals surface area contributed by atoms with Crippen LogP contribution in [0.5, 0.6) is 0 Å². The first-order chi connectivity index (χ1) is 17.1. The van der Waals surface area contributed by atoms with Gasteiger partial charge in [-0.2, -0.15) is 0 Å². The summed E-state index contributed by atoms with van der Waals surface area (Å²) >= 11 is 0. The summed E-state index contributed by atoms with van der Waals surface area (Å²) in [6, 6.07) is 0. The van der Waals surface area contributed by atoms with Crippen LogP contribution >= 0.6 is 0 Å². The zero-order valence-corrected chi connectivity index (χ0v) is 24.0. The Morgan fingerprint density at radius 3 is 2.35 bits per heavy atom. The number of ketones is 1. The van der Waals surface area contributed by atoms with Gasteiger partial charge in [-0.05, 0) is 75.4 Å². The summed E-state index contributed by atoms with van der Waals surface area (Å²) in [5, 5.41) is 13.1. The molecule has 2 saturated carbocycles. The number of esters is 1. The lowest BCUT2D eigenvalue weighted by atomic mass is 9.59. The number of carbonyl (C=O) groups is 2. The van der Waals surface area contributed by atoms with Crippen molar-refractivity contribution >= 4 is 11.8 Å². The van der Waals surface area contributed by atoms with Crippen molar-refractivity contribution in [1.82, 2.24) is 0 Å². The van der Waals surface area contributed by atoms with Gasteiger partial charge in [0.2, 0.25) is 0 Å². The minimum atomic E-state index is -1.77. The molecule has 4 aliphatic carbocycles. The van der Waals surface area contributed by atoms with Crippen LogP contribution in [0.4, 0.5) is 0 Å². The third kappa shape index (κ3) is 3.68. The Balaban J connectivity index is 1.69. The largest absolute Gasteiger partial charge is 0.454 e. The molecule has 5 aliphatic rings. The average molecular weight is 515 g/mol. The first kappa shape index (κ1) is 27.1. The monoisotopic (exact) mass is 514 g/mol. The van der Waals surface area contributed by atoms with Crippen LogP contribution in [0.15, 0.2) is 23.3 Å². The van der Waals surface area contributed by atoms with Crippen LogP contribution < -0.4 is 0 Å². The van der Waals surface area contributed by atoms with E-state index in [0.29, 0.717) is 0 Å². The van der Waals surface area contributed by atoms with Gasteiger partial charge in [0.05, 0.1) is 17.4 Å².